The summed E-state index contributed by atoms with van der Waals surface area (Å²) in [6.45, 7) is -0.212. The number of sulfonamides is 1. The molecule has 1 rings (SSSR count). The highest BCUT2D eigenvalue weighted by Gasteiger charge is 2.14. The van der Waals surface area contributed by atoms with Crippen LogP contribution < -0.4 is 10.5 Å². The Kier molecular flexibility index (Phi) is 3.44. The number of amidine groups is 1. The summed E-state index contributed by atoms with van der Waals surface area (Å²) >= 11 is 1.10. The van der Waals surface area contributed by atoms with Gasteiger partial charge < -0.3 is 10.9 Å². The van der Waals surface area contributed by atoms with Crippen LogP contribution in [0.15, 0.2) is 26.9 Å². The molecule has 14 heavy (non-hydrogen) atoms. The maximum absolute atomic E-state index is 11.4. The van der Waals surface area contributed by atoms with Crippen molar-refractivity contribution in [2.45, 2.75) is 4.21 Å². The summed E-state index contributed by atoms with van der Waals surface area (Å²) in [7, 11) is -3.53. The Morgan fingerprint density at radius 3 is 2.93 bits per heavy atom. The van der Waals surface area contributed by atoms with E-state index < -0.39 is 10.0 Å². The minimum atomic E-state index is -3.53. The van der Waals surface area contributed by atoms with E-state index in [1.165, 1.54) is 6.07 Å². The Balaban J connectivity index is 2.70. The van der Waals surface area contributed by atoms with E-state index in [1.54, 1.807) is 11.4 Å². The average Bonchev–Trinajstić information content (AvgIpc) is 2.67. The van der Waals surface area contributed by atoms with E-state index in [0.29, 0.717) is 0 Å². The largest absolute Gasteiger partial charge is 0.409 e. The number of thiophene rings is 1. The SMILES string of the molecule is N/C(CNS(=O)(=O)c1cccs1)=N\O. The fraction of sp³-hybridized carbons (Fsp3) is 0.167. The quantitative estimate of drug-likeness (QED) is 0.290. The average molecular weight is 235 g/mol. The van der Waals surface area contributed by atoms with Gasteiger partial charge in [-0.2, -0.15) is 0 Å². The maximum atomic E-state index is 11.4. The Bertz CT molecular complexity index is 410. The maximum Gasteiger partial charge on any atom is 0.250 e. The van der Waals surface area contributed by atoms with Crippen molar-refractivity contribution in [3.05, 3.63) is 17.5 Å². The number of nitrogens with one attached hydrogen (secondary N) is 1. The van der Waals surface area contributed by atoms with Crippen molar-refractivity contribution < 1.29 is 13.6 Å². The second-order valence-electron chi connectivity index (χ2n) is 2.35. The molecular formula is C6H9N3O3S2. The van der Waals surface area contributed by atoms with Gasteiger partial charge in [-0.05, 0) is 11.4 Å². The molecule has 0 bridgehead atoms. The van der Waals surface area contributed by atoms with Crippen LogP contribution in [0.1, 0.15) is 0 Å². The van der Waals surface area contributed by atoms with Gasteiger partial charge >= 0.3 is 0 Å². The molecule has 1 aromatic rings. The molecule has 6 nitrogen and oxygen atoms in total. The Morgan fingerprint density at radius 1 is 1.71 bits per heavy atom. The minimum Gasteiger partial charge on any atom is -0.409 e. The van der Waals surface area contributed by atoms with Gasteiger partial charge in [-0.3, -0.25) is 0 Å². The molecule has 0 saturated carbocycles. The first-order valence-corrected chi connectivity index (χ1v) is 5.92. The normalized spacial score (nSPS) is 13.0. The molecule has 4 N–H and O–H groups in total. The standard InChI is InChI=1S/C6H9N3O3S2/c7-5(9-10)4-8-14(11,12)6-2-1-3-13-6/h1-3,8,10H,4H2,(H2,7,9). The van der Waals surface area contributed by atoms with E-state index in [-0.39, 0.29) is 16.6 Å². The first-order valence-electron chi connectivity index (χ1n) is 3.56. The first kappa shape index (κ1) is 11.0. The third-order valence-electron chi connectivity index (χ3n) is 1.33. The van der Waals surface area contributed by atoms with Gasteiger partial charge in [0, 0.05) is 0 Å². The highest BCUT2D eigenvalue weighted by atomic mass is 32.2. The summed E-state index contributed by atoms with van der Waals surface area (Å²) in [5.41, 5.74) is 5.11. The third-order valence-corrected chi connectivity index (χ3v) is 4.13. The summed E-state index contributed by atoms with van der Waals surface area (Å²) in [6.07, 6.45) is 0. The van der Waals surface area contributed by atoms with Crippen LogP contribution in [0.4, 0.5) is 0 Å². The van der Waals surface area contributed by atoms with Crippen LogP contribution in [-0.2, 0) is 10.0 Å². The smallest absolute Gasteiger partial charge is 0.250 e. The fourth-order valence-electron chi connectivity index (χ4n) is 0.692. The molecule has 0 radical (unpaired) electrons. The molecule has 0 amide bonds. The zero-order chi connectivity index (χ0) is 10.6. The third kappa shape index (κ3) is 2.69. The Morgan fingerprint density at radius 2 is 2.43 bits per heavy atom. The van der Waals surface area contributed by atoms with Gasteiger partial charge in [0.1, 0.15) is 4.21 Å². The summed E-state index contributed by atoms with van der Waals surface area (Å²) in [5.74, 6) is -0.190. The van der Waals surface area contributed by atoms with E-state index >= 15 is 0 Å². The van der Waals surface area contributed by atoms with Gasteiger partial charge in [-0.25, -0.2) is 13.1 Å². The highest BCUT2D eigenvalue weighted by Crippen LogP contribution is 2.14. The molecule has 0 fully saturated rings. The molecule has 0 aromatic carbocycles. The van der Waals surface area contributed by atoms with Gasteiger partial charge in [-0.15, -0.1) is 11.3 Å². The van der Waals surface area contributed by atoms with E-state index in [4.69, 9.17) is 10.9 Å². The molecule has 0 spiro atoms. The molecule has 78 valence electrons. The van der Waals surface area contributed by atoms with Crippen molar-refractivity contribution in [1.82, 2.24) is 4.72 Å². The van der Waals surface area contributed by atoms with Crippen molar-refractivity contribution >= 4 is 27.2 Å². The number of hydrogen-bond donors (Lipinski definition) is 3. The molecule has 0 aliphatic carbocycles. The second kappa shape index (κ2) is 4.40. The van der Waals surface area contributed by atoms with Crippen molar-refractivity contribution in [3.8, 4) is 0 Å². The lowest BCUT2D eigenvalue weighted by Crippen LogP contribution is -2.33. The monoisotopic (exact) mass is 235 g/mol. The minimum absolute atomic E-state index is 0.190. The highest BCUT2D eigenvalue weighted by molar-refractivity contribution is 7.91. The summed E-state index contributed by atoms with van der Waals surface area (Å²) in [5, 5.41) is 12.5. The van der Waals surface area contributed by atoms with E-state index in [9.17, 15) is 8.42 Å². The molecular weight excluding hydrogens is 226 g/mol. The van der Waals surface area contributed by atoms with Crippen LogP contribution in [0.25, 0.3) is 0 Å². The van der Waals surface area contributed by atoms with Crippen molar-refractivity contribution in [1.29, 1.82) is 0 Å². The zero-order valence-electron chi connectivity index (χ0n) is 7.04. The Labute approximate surface area is 85.1 Å². The van der Waals surface area contributed by atoms with E-state index in [0.717, 1.165) is 11.3 Å². The lowest BCUT2D eigenvalue weighted by molar-refractivity contribution is 0.317. The molecule has 8 heteroatoms. The topological polar surface area (TPSA) is 105 Å². The predicted octanol–water partition coefficient (Wildman–Crippen LogP) is -0.227. The van der Waals surface area contributed by atoms with Crippen LogP contribution >= 0.6 is 11.3 Å². The van der Waals surface area contributed by atoms with Gasteiger partial charge in [-0.1, -0.05) is 11.2 Å². The summed E-state index contributed by atoms with van der Waals surface area (Å²) < 4.78 is 25.2. The predicted molar refractivity (Wildman–Crippen MR) is 52.9 cm³/mol. The molecule has 0 aliphatic heterocycles. The summed E-state index contributed by atoms with van der Waals surface area (Å²) in [4.78, 5) is 0. The van der Waals surface area contributed by atoms with Gasteiger partial charge in [0.25, 0.3) is 0 Å². The number of nitrogens with two attached hydrogens (primary N) is 1. The summed E-state index contributed by atoms with van der Waals surface area (Å²) in [6, 6.07) is 3.10. The molecule has 1 aromatic heterocycles. The second-order valence-corrected chi connectivity index (χ2v) is 5.29. The molecule has 0 aliphatic rings. The molecule has 0 unspecified atom stereocenters. The zero-order valence-corrected chi connectivity index (χ0v) is 8.68. The van der Waals surface area contributed by atoms with Crippen LogP contribution in [0.3, 0.4) is 0 Å². The van der Waals surface area contributed by atoms with E-state index in [1.807, 2.05) is 0 Å². The van der Waals surface area contributed by atoms with E-state index in [2.05, 4.69) is 9.88 Å². The first-order chi connectivity index (χ1) is 6.56. The van der Waals surface area contributed by atoms with Crippen LogP contribution in [0.5, 0.6) is 0 Å². The van der Waals surface area contributed by atoms with Gasteiger partial charge in [0.05, 0.1) is 6.54 Å². The molecule has 1 heterocycles. The van der Waals surface area contributed by atoms with Gasteiger partial charge in [0.15, 0.2) is 5.84 Å². The van der Waals surface area contributed by atoms with Crippen LogP contribution in [0, 0.1) is 0 Å². The Hall–Kier alpha value is -1.12. The fourth-order valence-corrected chi connectivity index (χ4v) is 2.73. The number of rotatable bonds is 4. The van der Waals surface area contributed by atoms with Crippen LogP contribution in [-0.4, -0.2) is 26.0 Å². The lowest BCUT2D eigenvalue weighted by atomic mass is 10.6. The van der Waals surface area contributed by atoms with Crippen LogP contribution in [0.2, 0.25) is 0 Å². The lowest BCUT2D eigenvalue weighted by Gasteiger charge is -2.02. The number of oxime groups is 1. The number of hydrogen-bond acceptors (Lipinski definition) is 5. The van der Waals surface area contributed by atoms with Crippen molar-refractivity contribution in [2.75, 3.05) is 6.54 Å². The van der Waals surface area contributed by atoms with Gasteiger partial charge in [0.2, 0.25) is 10.0 Å². The number of nitrogens with zero attached hydrogens (tertiary/aromatic N) is 1. The molecule has 0 atom stereocenters. The van der Waals surface area contributed by atoms with Crippen molar-refractivity contribution in [3.63, 3.8) is 0 Å². The van der Waals surface area contributed by atoms with Crippen molar-refractivity contribution in [2.24, 2.45) is 10.9 Å². The molecule has 0 saturated heterocycles.